The lowest BCUT2D eigenvalue weighted by atomic mass is 9.73. The van der Waals surface area contributed by atoms with Crippen molar-refractivity contribution in [3.63, 3.8) is 0 Å². The fourth-order valence-electron chi connectivity index (χ4n) is 2.97. The minimum absolute atomic E-state index is 0.115. The van der Waals surface area contributed by atoms with E-state index in [0.717, 1.165) is 24.8 Å². The van der Waals surface area contributed by atoms with E-state index < -0.39 is 5.60 Å². The van der Waals surface area contributed by atoms with Crippen LogP contribution in [0.25, 0.3) is 0 Å². The Morgan fingerprint density at radius 1 is 1.26 bits per heavy atom. The molecule has 1 aromatic rings. The second kappa shape index (κ2) is 4.07. The molecule has 0 N–H and O–H groups in total. The summed E-state index contributed by atoms with van der Waals surface area (Å²) in [6.07, 6.45) is 2.92. The summed E-state index contributed by atoms with van der Waals surface area (Å²) in [5, 5.41) is 0. The Morgan fingerprint density at radius 3 is 2.32 bits per heavy atom. The molecule has 2 fully saturated rings. The van der Waals surface area contributed by atoms with Crippen LogP contribution in [-0.2, 0) is 19.9 Å². The van der Waals surface area contributed by atoms with E-state index in [9.17, 15) is 4.79 Å². The van der Waals surface area contributed by atoms with Crippen molar-refractivity contribution in [1.82, 2.24) is 0 Å². The van der Waals surface area contributed by atoms with Gasteiger partial charge in [-0.25, -0.2) is 4.79 Å². The van der Waals surface area contributed by atoms with Crippen LogP contribution in [0.2, 0.25) is 0 Å². The molecule has 1 aliphatic heterocycles. The van der Waals surface area contributed by atoms with E-state index in [4.69, 9.17) is 9.47 Å². The van der Waals surface area contributed by atoms with Gasteiger partial charge in [0.05, 0.1) is 6.10 Å². The molecular formula is C16H20O3. The average Bonchev–Trinajstić information content (AvgIpc) is 3.00. The summed E-state index contributed by atoms with van der Waals surface area (Å²) in [6, 6.07) is 8.02. The molecule has 2 aliphatic rings. The molecule has 3 heteroatoms. The first kappa shape index (κ1) is 12.7. The zero-order valence-electron chi connectivity index (χ0n) is 11.7. The predicted octanol–water partition coefficient (Wildman–Crippen LogP) is 3.09. The van der Waals surface area contributed by atoms with Crippen LogP contribution < -0.4 is 0 Å². The Bertz CT molecular complexity index is 499. The van der Waals surface area contributed by atoms with Crippen molar-refractivity contribution in [3.8, 4) is 0 Å². The van der Waals surface area contributed by atoms with E-state index in [1.54, 1.807) is 0 Å². The van der Waals surface area contributed by atoms with Gasteiger partial charge in [0.1, 0.15) is 5.60 Å². The van der Waals surface area contributed by atoms with Gasteiger partial charge < -0.3 is 9.47 Å². The summed E-state index contributed by atoms with van der Waals surface area (Å²) in [5.74, 6) is -0.231. The lowest BCUT2D eigenvalue weighted by Gasteiger charge is -2.26. The number of esters is 1. The molecule has 0 bridgehead atoms. The number of ether oxygens (including phenoxy) is 2. The van der Waals surface area contributed by atoms with E-state index in [1.165, 1.54) is 5.56 Å². The molecule has 0 radical (unpaired) electrons. The quantitative estimate of drug-likeness (QED) is 0.619. The van der Waals surface area contributed by atoms with Crippen LogP contribution >= 0.6 is 0 Å². The highest BCUT2D eigenvalue weighted by Crippen LogP contribution is 2.66. The van der Waals surface area contributed by atoms with Gasteiger partial charge in [-0.2, -0.15) is 0 Å². The van der Waals surface area contributed by atoms with Crippen molar-refractivity contribution < 1.29 is 14.3 Å². The van der Waals surface area contributed by atoms with Crippen LogP contribution in [0.4, 0.5) is 0 Å². The number of epoxide rings is 1. The molecule has 1 heterocycles. The molecular weight excluding hydrogens is 240 g/mol. The van der Waals surface area contributed by atoms with E-state index in [2.05, 4.69) is 0 Å². The van der Waals surface area contributed by atoms with Gasteiger partial charge in [0.25, 0.3) is 0 Å². The smallest absolute Gasteiger partial charge is 0.346 e. The molecule has 0 amide bonds. The molecule has 1 unspecified atom stereocenters. The zero-order chi connectivity index (χ0) is 13.7. The largest absolute Gasteiger partial charge is 0.460 e. The number of aryl methyl sites for hydroxylation is 1. The SMILES string of the molecule is Cc1ccc(C2(C(=O)OC(C)C)OC23CCC3)cc1. The second-order valence-corrected chi connectivity index (χ2v) is 5.95. The molecule has 102 valence electrons. The number of benzene rings is 1. The third kappa shape index (κ3) is 1.71. The van der Waals surface area contributed by atoms with Crippen LogP contribution in [-0.4, -0.2) is 17.7 Å². The second-order valence-electron chi connectivity index (χ2n) is 5.95. The minimum Gasteiger partial charge on any atom is -0.460 e. The van der Waals surface area contributed by atoms with Gasteiger partial charge >= 0.3 is 5.97 Å². The molecule has 0 aromatic heterocycles. The van der Waals surface area contributed by atoms with Crippen molar-refractivity contribution in [1.29, 1.82) is 0 Å². The molecule has 1 saturated carbocycles. The van der Waals surface area contributed by atoms with Gasteiger partial charge in [0.2, 0.25) is 5.60 Å². The Labute approximate surface area is 113 Å². The number of carbonyl (C=O) groups excluding carboxylic acids is 1. The van der Waals surface area contributed by atoms with E-state index >= 15 is 0 Å². The maximum Gasteiger partial charge on any atom is 0.346 e. The van der Waals surface area contributed by atoms with Gasteiger partial charge in [-0.15, -0.1) is 0 Å². The van der Waals surface area contributed by atoms with Crippen molar-refractivity contribution in [3.05, 3.63) is 35.4 Å². The Hall–Kier alpha value is -1.35. The molecule has 19 heavy (non-hydrogen) atoms. The van der Waals surface area contributed by atoms with E-state index in [0.29, 0.717) is 0 Å². The van der Waals surface area contributed by atoms with Crippen LogP contribution in [0.15, 0.2) is 24.3 Å². The minimum atomic E-state index is -0.844. The van der Waals surface area contributed by atoms with E-state index in [1.807, 2.05) is 45.0 Å². The highest BCUT2D eigenvalue weighted by atomic mass is 16.7. The van der Waals surface area contributed by atoms with Crippen LogP contribution in [0.3, 0.4) is 0 Å². The normalized spacial score (nSPS) is 27.2. The lowest BCUT2D eigenvalue weighted by molar-refractivity contribution is -0.154. The van der Waals surface area contributed by atoms with Gasteiger partial charge in [-0.1, -0.05) is 29.8 Å². The average molecular weight is 260 g/mol. The topological polar surface area (TPSA) is 38.8 Å². The van der Waals surface area contributed by atoms with Gasteiger partial charge in [0.15, 0.2) is 0 Å². The third-order valence-electron chi connectivity index (χ3n) is 4.20. The Balaban J connectivity index is 1.95. The van der Waals surface area contributed by atoms with Gasteiger partial charge in [0, 0.05) is 0 Å². The number of hydrogen-bond acceptors (Lipinski definition) is 3. The fourth-order valence-corrected chi connectivity index (χ4v) is 2.97. The van der Waals surface area contributed by atoms with Crippen molar-refractivity contribution in [2.75, 3.05) is 0 Å². The standard InChI is InChI=1S/C16H20O3/c1-11(2)18-14(17)16(15(19-16)9-4-10-15)13-7-5-12(3)6-8-13/h5-8,11H,4,9-10H2,1-3H3. The van der Waals surface area contributed by atoms with Crippen molar-refractivity contribution in [2.24, 2.45) is 0 Å². The molecule has 3 nitrogen and oxygen atoms in total. The van der Waals surface area contributed by atoms with Crippen LogP contribution in [0.1, 0.15) is 44.2 Å². The summed E-state index contributed by atoms with van der Waals surface area (Å²) in [6.45, 7) is 5.78. The first-order chi connectivity index (χ1) is 9.00. The molecule has 1 atom stereocenters. The number of rotatable bonds is 3. The van der Waals surface area contributed by atoms with Crippen LogP contribution in [0.5, 0.6) is 0 Å². The Kier molecular flexibility index (Phi) is 2.72. The third-order valence-corrected chi connectivity index (χ3v) is 4.20. The summed E-state index contributed by atoms with van der Waals surface area (Å²) in [7, 11) is 0. The monoisotopic (exact) mass is 260 g/mol. The first-order valence-corrected chi connectivity index (χ1v) is 6.99. The summed E-state index contributed by atoms with van der Waals surface area (Å²) in [4.78, 5) is 12.5. The summed E-state index contributed by atoms with van der Waals surface area (Å²) < 4.78 is 11.4. The maximum absolute atomic E-state index is 12.5. The maximum atomic E-state index is 12.5. The fraction of sp³-hybridized carbons (Fsp3) is 0.562. The van der Waals surface area contributed by atoms with Crippen molar-refractivity contribution in [2.45, 2.75) is 57.3 Å². The molecule has 3 rings (SSSR count). The number of hydrogen-bond donors (Lipinski definition) is 0. The van der Waals surface area contributed by atoms with Crippen molar-refractivity contribution >= 4 is 5.97 Å². The number of carbonyl (C=O) groups is 1. The van der Waals surface area contributed by atoms with E-state index in [-0.39, 0.29) is 17.7 Å². The molecule has 1 aromatic carbocycles. The Morgan fingerprint density at radius 2 is 1.89 bits per heavy atom. The van der Waals surface area contributed by atoms with Gasteiger partial charge in [-0.3, -0.25) is 0 Å². The highest BCUT2D eigenvalue weighted by molar-refractivity contribution is 5.87. The first-order valence-electron chi connectivity index (χ1n) is 6.99. The predicted molar refractivity (Wildman–Crippen MR) is 71.8 cm³/mol. The summed E-state index contributed by atoms with van der Waals surface area (Å²) in [5.41, 5.74) is 0.986. The lowest BCUT2D eigenvalue weighted by Crippen LogP contribution is -2.38. The molecule has 1 spiro atoms. The molecule has 1 saturated heterocycles. The summed E-state index contributed by atoms with van der Waals surface area (Å²) >= 11 is 0. The zero-order valence-corrected chi connectivity index (χ0v) is 11.7. The van der Waals surface area contributed by atoms with Gasteiger partial charge in [-0.05, 0) is 45.6 Å². The molecule has 1 aliphatic carbocycles. The highest BCUT2D eigenvalue weighted by Gasteiger charge is 2.78. The van der Waals surface area contributed by atoms with Crippen LogP contribution in [0, 0.1) is 6.92 Å².